The Kier molecular flexibility index (Phi) is 5.07. The molecular weight excluding hydrogens is 304 g/mol. The standard InChI is InChI=1S/C19H26N2O3/c1-14(22)21-8-7-16(13-21)12-20(2)19(23)11-15-5-6-18-17(10-15)4-3-9-24-18/h5-6,10,16H,3-4,7-9,11-13H2,1-2H3. The smallest absolute Gasteiger partial charge is 0.226 e. The molecule has 5 heteroatoms. The summed E-state index contributed by atoms with van der Waals surface area (Å²) in [4.78, 5) is 27.6. The van der Waals surface area contributed by atoms with E-state index in [1.54, 1.807) is 6.92 Å². The van der Waals surface area contributed by atoms with Crippen molar-refractivity contribution < 1.29 is 14.3 Å². The van der Waals surface area contributed by atoms with Crippen LogP contribution in [0.15, 0.2) is 18.2 Å². The predicted octanol–water partition coefficient (Wildman–Crippen LogP) is 1.88. The van der Waals surface area contributed by atoms with Crippen LogP contribution in [0.4, 0.5) is 0 Å². The van der Waals surface area contributed by atoms with E-state index in [1.807, 2.05) is 29.0 Å². The van der Waals surface area contributed by atoms with E-state index in [1.165, 1.54) is 5.56 Å². The van der Waals surface area contributed by atoms with E-state index in [-0.39, 0.29) is 11.8 Å². The third-order valence-electron chi connectivity index (χ3n) is 5.02. The minimum absolute atomic E-state index is 0.128. The molecule has 1 unspecified atom stereocenters. The van der Waals surface area contributed by atoms with Crippen LogP contribution in [0.2, 0.25) is 0 Å². The second kappa shape index (κ2) is 7.24. The van der Waals surface area contributed by atoms with E-state index in [0.717, 1.165) is 56.8 Å². The van der Waals surface area contributed by atoms with Crippen molar-refractivity contribution in [2.24, 2.45) is 5.92 Å². The van der Waals surface area contributed by atoms with Crippen molar-refractivity contribution in [2.75, 3.05) is 33.3 Å². The van der Waals surface area contributed by atoms with Gasteiger partial charge < -0.3 is 14.5 Å². The SMILES string of the molecule is CC(=O)N1CCC(CN(C)C(=O)Cc2ccc3c(c2)CCCO3)C1. The molecule has 2 amide bonds. The Morgan fingerprint density at radius 2 is 2.21 bits per heavy atom. The normalized spacial score (nSPS) is 19.6. The van der Waals surface area contributed by atoms with Crippen molar-refractivity contribution in [3.05, 3.63) is 29.3 Å². The van der Waals surface area contributed by atoms with Crippen LogP contribution in [0, 0.1) is 5.92 Å². The molecule has 0 aromatic heterocycles. The average Bonchev–Trinajstić information content (AvgIpc) is 3.03. The molecule has 0 N–H and O–H groups in total. The molecule has 130 valence electrons. The van der Waals surface area contributed by atoms with Gasteiger partial charge in [-0.3, -0.25) is 9.59 Å². The first-order valence-corrected chi connectivity index (χ1v) is 8.77. The number of hydrogen-bond donors (Lipinski definition) is 0. The molecule has 0 spiro atoms. The summed E-state index contributed by atoms with van der Waals surface area (Å²) in [5.74, 6) is 1.61. The maximum atomic E-state index is 12.5. The summed E-state index contributed by atoms with van der Waals surface area (Å²) in [6, 6.07) is 6.08. The number of benzene rings is 1. The molecule has 2 aliphatic rings. The molecule has 1 fully saturated rings. The first-order valence-electron chi connectivity index (χ1n) is 8.77. The lowest BCUT2D eigenvalue weighted by atomic mass is 10.0. The molecule has 5 nitrogen and oxygen atoms in total. The Morgan fingerprint density at radius 3 is 2.96 bits per heavy atom. The largest absolute Gasteiger partial charge is 0.493 e. The van der Waals surface area contributed by atoms with Crippen molar-refractivity contribution in [3.63, 3.8) is 0 Å². The summed E-state index contributed by atoms with van der Waals surface area (Å²) in [5, 5.41) is 0. The van der Waals surface area contributed by atoms with Gasteiger partial charge in [0.05, 0.1) is 13.0 Å². The summed E-state index contributed by atoms with van der Waals surface area (Å²) in [6.45, 7) is 4.69. The highest BCUT2D eigenvalue weighted by Gasteiger charge is 2.26. The van der Waals surface area contributed by atoms with Gasteiger partial charge in [0.15, 0.2) is 0 Å². The van der Waals surface area contributed by atoms with Crippen LogP contribution in [0.25, 0.3) is 0 Å². The zero-order chi connectivity index (χ0) is 17.1. The Morgan fingerprint density at radius 1 is 1.38 bits per heavy atom. The molecular formula is C19H26N2O3. The van der Waals surface area contributed by atoms with Gasteiger partial charge in [-0.1, -0.05) is 12.1 Å². The van der Waals surface area contributed by atoms with Gasteiger partial charge in [0.2, 0.25) is 11.8 Å². The van der Waals surface area contributed by atoms with Crippen molar-refractivity contribution in [3.8, 4) is 5.75 Å². The quantitative estimate of drug-likeness (QED) is 0.847. The number of amides is 2. The Bertz CT molecular complexity index is 629. The summed E-state index contributed by atoms with van der Waals surface area (Å²) in [5.41, 5.74) is 2.26. The fourth-order valence-electron chi connectivity index (χ4n) is 3.59. The summed E-state index contributed by atoms with van der Waals surface area (Å²) >= 11 is 0. The Hall–Kier alpha value is -2.04. The Labute approximate surface area is 143 Å². The summed E-state index contributed by atoms with van der Waals surface area (Å²) in [6.07, 6.45) is 3.47. The topological polar surface area (TPSA) is 49.9 Å². The maximum Gasteiger partial charge on any atom is 0.226 e. The number of likely N-dealkylation sites (N-methyl/N-ethyl adjacent to an activating group) is 1. The second-order valence-electron chi connectivity index (χ2n) is 6.96. The van der Waals surface area contributed by atoms with Crippen LogP contribution >= 0.6 is 0 Å². The van der Waals surface area contributed by atoms with Crippen molar-refractivity contribution in [2.45, 2.75) is 32.6 Å². The molecule has 2 aliphatic heterocycles. The van der Waals surface area contributed by atoms with Gasteiger partial charge in [0.1, 0.15) is 5.75 Å². The zero-order valence-electron chi connectivity index (χ0n) is 14.6. The number of hydrogen-bond acceptors (Lipinski definition) is 3. The molecule has 1 atom stereocenters. The number of ether oxygens (including phenoxy) is 1. The number of nitrogens with zero attached hydrogens (tertiary/aromatic N) is 2. The monoisotopic (exact) mass is 330 g/mol. The van der Waals surface area contributed by atoms with E-state index in [0.29, 0.717) is 12.3 Å². The van der Waals surface area contributed by atoms with E-state index >= 15 is 0 Å². The predicted molar refractivity (Wildman–Crippen MR) is 92.0 cm³/mol. The summed E-state index contributed by atoms with van der Waals surface area (Å²) in [7, 11) is 1.86. The second-order valence-corrected chi connectivity index (χ2v) is 6.96. The molecule has 1 saturated heterocycles. The fourth-order valence-corrected chi connectivity index (χ4v) is 3.59. The van der Waals surface area contributed by atoms with E-state index in [4.69, 9.17) is 4.74 Å². The summed E-state index contributed by atoms with van der Waals surface area (Å²) < 4.78 is 5.62. The van der Waals surface area contributed by atoms with Gasteiger partial charge >= 0.3 is 0 Å². The van der Waals surface area contributed by atoms with Gasteiger partial charge in [-0.2, -0.15) is 0 Å². The molecule has 2 heterocycles. The third-order valence-corrected chi connectivity index (χ3v) is 5.02. The van der Waals surface area contributed by atoms with Crippen LogP contribution in [-0.2, 0) is 22.4 Å². The highest BCUT2D eigenvalue weighted by molar-refractivity contribution is 5.78. The highest BCUT2D eigenvalue weighted by Crippen LogP contribution is 2.26. The molecule has 3 rings (SSSR count). The number of carbonyl (C=O) groups is 2. The first-order chi connectivity index (χ1) is 11.5. The van der Waals surface area contributed by atoms with Gasteiger partial charge in [0.25, 0.3) is 0 Å². The molecule has 0 radical (unpaired) electrons. The van der Waals surface area contributed by atoms with Crippen molar-refractivity contribution in [1.82, 2.24) is 9.80 Å². The minimum atomic E-state index is 0.128. The number of likely N-dealkylation sites (tertiary alicyclic amines) is 1. The lowest BCUT2D eigenvalue weighted by molar-refractivity contribution is -0.129. The van der Waals surface area contributed by atoms with Crippen LogP contribution in [0.5, 0.6) is 5.75 Å². The van der Waals surface area contributed by atoms with Gasteiger partial charge in [-0.25, -0.2) is 0 Å². The number of fused-ring (bicyclic) bond motifs is 1. The molecule has 24 heavy (non-hydrogen) atoms. The highest BCUT2D eigenvalue weighted by atomic mass is 16.5. The van der Waals surface area contributed by atoms with Crippen LogP contribution in [0.1, 0.15) is 30.9 Å². The molecule has 1 aromatic rings. The third kappa shape index (κ3) is 3.89. The molecule has 1 aromatic carbocycles. The lowest BCUT2D eigenvalue weighted by Crippen LogP contribution is -2.34. The molecule has 0 aliphatic carbocycles. The minimum Gasteiger partial charge on any atom is -0.493 e. The lowest BCUT2D eigenvalue weighted by Gasteiger charge is -2.22. The number of aryl methyl sites for hydroxylation is 1. The van der Waals surface area contributed by atoms with Crippen LogP contribution < -0.4 is 4.74 Å². The van der Waals surface area contributed by atoms with E-state index in [9.17, 15) is 9.59 Å². The maximum absolute atomic E-state index is 12.5. The van der Waals surface area contributed by atoms with Crippen molar-refractivity contribution >= 4 is 11.8 Å². The average molecular weight is 330 g/mol. The van der Waals surface area contributed by atoms with Crippen LogP contribution in [-0.4, -0.2) is 54.9 Å². The van der Waals surface area contributed by atoms with E-state index in [2.05, 4.69) is 6.07 Å². The zero-order valence-corrected chi connectivity index (χ0v) is 14.6. The number of carbonyl (C=O) groups excluding carboxylic acids is 2. The Balaban J connectivity index is 1.54. The molecule has 0 saturated carbocycles. The van der Waals surface area contributed by atoms with Gasteiger partial charge in [-0.05, 0) is 42.4 Å². The first kappa shape index (κ1) is 16.8. The fraction of sp³-hybridized carbons (Fsp3) is 0.579. The van der Waals surface area contributed by atoms with E-state index < -0.39 is 0 Å². The van der Waals surface area contributed by atoms with Crippen molar-refractivity contribution in [1.29, 1.82) is 0 Å². The number of rotatable bonds is 4. The van der Waals surface area contributed by atoms with Crippen LogP contribution in [0.3, 0.4) is 0 Å². The van der Waals surface area contributed by atoms with Gasteiger partial charge in [0, 0.05) is 33.6 Å². The molecule has 0 bridgehead atoms. The van der Waals surface area contributed by atoms with Gasteiger partial charge in [-0.15, -0.1) is 0 Å².